The summed E-state index contributed by atoms with van der Waals surface area (Å²) < 4.78 is 35.8. The summed E-state index contributed by atoms with van der Waals surface area (Å²) in [4.78, 5) is 10.2. The van der Waals surface area contributed by atoms with E-state index in [-0.39, 0.29) is 12.1 Å². The second-order valence-electron chi connectivity index (χ2n) is 4.27. The van der Waals surface area contributed by atoms with Crippen molar-refractivity contribution in [3.63, 3.8) is 0 Å². The molecule has 0 spiro atoms. The fraction of sp³-hybridized carbons (Fsp3) is 0.500. The molecule has 0 aliphatic heterocycles. The predicted octanol–water partition coefficient (Wildman–Crippen LogP) is 3.78. The molecule has 5 nitrogen and oxygen atoms in total. The summed E-state index contributed by atoms with van der Waals surface area (Å²) in [6.45, 7) is 0.334. The molecular weight excluding hydrogens is 275 g/mol. The number of hydrogen-bond acceptors (Lipinski definition) is 4. The quantitative estimate of drug-likeness (QED) is 0.456. The van der Waals surface area contributed by atoms with Crippen LogP contribution < -0.4 is 10.6 Å². The van der Waals surface area contributed by atoms with Gasteiger partial charge in [-0.3, -0.25) is 10.1 Å². The van der Waals surface area contributed by atoms with E-state index in [0.29, 0.717) is 24.3 Å². The summed E-state index contributed by atoms with van der Waals surface area (Å²) in [5, 5.41) is 16.4. The van der Waals surface area contributed by atoms with E-state index in [0.717, 1.165) is 0 Å². The Morgan fingerprint density at radius 2 is 1.85 bits per heavy atom. The number of anilines is 2. The Hall–Kier alpha value is -1.99. The topological polar surface area (TPSA) is 67.2 Å². The van der Waals surface area contributed by atoms with Crippen LogP contribution in [-0.4, -0.2) is 24.7 Å². The summed E-state index contributed by atoms with van der Waals surface area (Å²) in [6, 6.07) is 4.40. The number of halogens is 3. The first-order valence-electron chi connectivity index (χ1n) is 6.09. The molecule has 20 heavy (non-hydrogen) atoms. The van der Waals surface area contributed by atoms with Crippen LogP contribution in [0.5, 0.6) is 0 Å². The molecule has 1 rings (SSSR count). The minimum Gasteiger partial charge on any atom is -0.388 e. The van der Waals surface area contributed by atoms with Gasteiger partial charge in [-0.05, 0) is 18.9 Å². The van der Waals surface area contributed by atoms with Crippen molar-refractivity contribution in [1.82, 2.24) is 0 Å². The number of rotatable bonds is 7. The SMILES string of the molecule is CNc1cc(NCCCCC(F)(F)F)cc([N+](=O)[O-])c1. The lowest BCUT2D eigenvalue weighted by Crippen LogP contribution is -2.09. The van der Waals surface area contributed by atoms with E-state index in [1.165, 1.54) is 12.1 Å². The molecule has 0 saturated heterocycles. The first-order valence-corrected chi connectivity index (χ1v) is 6.09. The average Bonchev–Trinajstić information content (AvgIpc) is 2.36. The van der Waals surface area contributed by atoms with Gasteiger partial charge in [0.2, 0.25) is 0 Å². The van der Waals surface area contributed by atoms with Gasteiger partial charge in [0.1, 0.15) is 0 Å². The fourth-order valence-electron chi connectivity index (χ4n) is 1.65. The summed E-state index contributed by atoms with van der Waals surface area (Å²) in [5.74, 6) is 0. The van der Waals surface area contributed by atoms with E-state index in [9.17, 15) is 23.3 Å². The van der Waals surface area contributed by atoms with Gasteiger partial charge in [0.05, 0.1) is 4.92 Å². The molecule has 1 aromatic rings. The van der Waals surface area contributed by atoms with Crippen LogP contribution in [0.1, 0.15) is 19.3 Å². The maximum absolute atomic E-state index is 11.9. The summed E-state index contributed by atoms with van der Waals surface area (Å²) in [5.41, 5.74) is 1.00. The summed E-state index contributed by atoms with van der Waals surface area (Å²) >= 11 is 0. The standard InChI is InChI=1S/C12H16F3N3O2/c1-16-9-6-10(8-11(7-9)18(19)20)17-5-3-2-4-12(13,14)15/h6-8,16-17H,2-5H2,1H3. The molecule has 1 aromatic carbocycles. The number of alkyl halides is 3. The Labute approximate surface area is 114 Å². The van der Waals surface area contributed by atoms with Crippen molar-refractivity contribution in [3.8, 4) is 0 Å². The number of unbranched alkanes of at least 4 members (excludes halogenated alkanes) is 1. The van der Waals surface area contributed by atoms with Crippen molar-refractivity contribution < 1.29 is 18.1 Å². The molecule has 0 unspecified atom stereocenters. The van der Waals surface area contributed by atoms with Crippen LogP contribution in [0.3, 0.4) is 0 Å². The third-order valence-corrected chi connectivity index (χ3v) is 2.63. The third kappa shape index (κ3) is 5.77. The lowest BCUT2D eigenvalue weighted by molar-refractivity contribution is -0.384. The summed E-state index contributed by atoms with van der Waals surface area (Å²) in [7, 11) is 1.63. The van der Waals surface area contributed by atoms with Gasteiger partial charge in [0.25, 0.3) is 5.69 Å². The zero-order valence-electron chi connectivity index (χ0n) is 11.0. The van der Waals surface area contributed by atoms with Crippen LogP contribution in [0.15, 0.2) is 18.2 Å². The lowest BCUT2D eigenvalue weighted by atomic mass is 10.2. The fourth-order valence-corrected chi connectivity index (χ4v) is 1.65. The minimum atomic E-state index is -4.13. The average molecular weight is 291 g/mol. The second-order valence-corrected chi connectivity index (χ2v) is 4.27. The third-order valence-electron chi connectivity index (χ3n) is 2.63. The largest absolute Gasteiger partial charge is 0.389 e. The first-order chi connectivity index (χ1) is 9.31. The van der Waals surface area contributed by atoms with Crippen molar-refractivity contribution in [2.75, 3.05) is 24.2 Å². The van der Waals surface area contributed by atoms with Gasteiger partial charge in [0, 0.05) is 43.5 Å². The van der Waals surface area contributed by atoms with Crippen LogP contribution in [0.4, 0.5) is 30.2 Å². The van der Waals surface area contributed by atoms with Crippen molar-refractivity contribution in [1.29, 1.82) is 0 Å². The molecule has 0 atom stereocenters. The van der Waals surface area contributed by atoms with E-state index in [1.54, 1.807) is 13.1 Å². The highest BCUT2D eigenvalue weighted by atomic mass is 19.4. The van der Waals surface area contributed by atoms with E-state index in [4.69, 9.17) is 0 Å². The van der Waals surface area contributed by atoms with Crippen LogP contribution >= 0.6 is 0 Å². The highest BCUT2D eigenvalue weighted by Gasteiger charge is 2.25. The van der Waals surface area contributed by atoms with Gasteiger partial charge in [-0.1, -0.05) is 0 Å². The van der Waals surface area contributed by atoms with Gasteiger partial charge in [-0.25, -0.2) is 0 Å². The first kappa shape index (κ1) is 16.1. The molecule has 112 valence electrons. The maximum Gasteiger partial charge on any atom is 0.389 e. The minimum absolute atomic E-state index is 0.0321. The van der Waals surface area contributed by atoms with E-state index in [2.05, 4.69) is 10.6 Å². The van der Waals surface area contributed by atoms with Crippen molar-refractivity contribution in [3.05, 3.63) is 28.3 Å². The highest BCUT2D eigenvalue weighted by Crippen LogP contribution is 2.25. The predicted molar refractivity (Wildman–Crippen MR) is 71.0 cm³/mol. The zero-order valence-corrected chi connectivity index (χ0v) is 11.0. The van der Waals surface area contributed by atoms with Gasteiger partial charge < -0.3 is 10.6 Å². The maximum atomic E-state index is 11.9. The van der Waals surface area contributed by atoms with Crippen LogP contribution in [0, 0.1) is 10.1 Å². The van der Waals surface area contributed by atoms with E-state index in [1.807, 2.05) is 0 Å². The normalized spacial score (nSPS) is 11.2. The number of nitro groups is 1. The Morgan fingerprint density at radius 3 is 2.40 bits per heavy atom. The van der Waals surface area contributed by atoms with Crippen molar-refractivity contribution in [2.45, 2.75) is 25.4 Å². The number of benzene rings is 1. The van der Waals surface area contributed by atoms with Crippen LogP contribution in [0.25, 0.3) is 0 Å². The molecular formula is C12H16F3N3O2. The molecule has 0 aliphatic carbocycles. The molecule has 0 radical (unpaired) electrons. The number of non-ortho nitro benzene ring substituents is 1. The Balaban J connectivity index is 2.51. The lowest BCUT2D eigenvalue weighted by Gasteiger charge is -2.09. The Bertz CT molecular complexity index is 464. The molecule has 0 fully saturated rings. The van der Waals surface area contributed by atoms with Gasteiger partial charge >= 0.3 is 6.18 Å². The molecule has 0 amide bonds. The monoisotopic (exact) mass is 291 g/mol. The molecule has 0 saturated carbocycles. The zero-order chi connectivity index (χ0) is 15.2. The van der Waals surface area contributed by atoms with Crippen molar-refractivity contribution in [2.24, 2.45) is 0 Å². The van der Waals surface area contributed by atoms with Crippen molar-refractivity contribution >= 4 is 17.1 Å². The Kier molecular flexibility index (Phi) is 5.60. The van der Waals surface area contributed by atoms with Crippen LogP contribution in [-0.2, 0) is 0 Å². The number of nitro benzene ring substituents is 1. The smallest absolute Gasteiger partial charge is 0.388 e. The molecule has 2 N–H and O–H groups in total. The molecule has 0 aromatic heterocycles. The number of nitrogens with zero attached hydrogens (tertiary/aromatic N) is 1. The Morgan fingerprint density at radius 1 is 1.20 bits per heavy atom. The summed E-state index contributed by atoms with van der Waals surface area (Å²) in [6.07, 6.45) is -4.57. The second kappa shape index (κ2) is 6.97. The number of hydrogen-bond donors (Lipinski definition) is 2. The molecule has 0 heterocycles. The highest BCUT2D eigenvalue weighted by molar-refractivity contribution is 5.63. The molecule has 0 aliphatic rings. The molecule has 0 bridgehead atoms. The van der Waals surface area contributed by atoms with Gasteiger partial charge in [-0.2, -0.15) is 13.2 Å². The molecule has 8 heteroatoms. The van der Waals surface area contributed by atoms with Gasteiger partial charge in [0.15, 0.2) is 0 Å². The van der Waals surface area contributed by atoms with E-state index >= 15 is 0 Å². The van der Waals surface area contributed by atoms with Crippen LogP contribution in [0.2, 0.25) is 0 Å². The van der Waals surface area contributed by atoms with Gasteiger partial charge in [-0.15, -0.1) is 0 Å². The number of nitrogens with one attached hydrogen (secondary N) is 2. The van der Waals surface area contributed by atoms with E-state index < -0.39 is 17.5 Å².